The number of hydrogen-bond acceptors (Lipinski definition) is 2. The van der Waals surface area contributed by atoms with Gasteiger partial charge in [-0.15, -0.1) is 0 Å². The molecule has 1 N–H and O–H groups in total. The minimum absolute atomic E-state index is 0.0744. The van der Waals surface area contributed by atoms with Gasteiger partial charge in [0.1, 0.15) is 12.4 Å². The lowest BCUT2D eigenvalue weighted by Crippen LogP contribution is -2.28. The van der Waals surface area contributed by atoms with Crippen molar-refractivity contribution in [3.05, 3.63) is 77.9 Å². The van der Waals surface area contributed by atoms with E-state index in [1.807, 2.05) is 73.7 Å². The van der Waals surface area contributed by atoms with Crippen molar-refractivity contribution in [2.24, 2.45) is 0 Å². The molecule has 3 aromatic rings. The van der Waals surface area contributed by atoms with Crippen molar-refractivity contribution >= 4 is 16.7 Å². The van der Waals surface area contributed by atoms with E-state index in [2.05, 4.69) is 5.32 Å². The molecule has 3 heteroatoms. The molecule has 3 aromatic carbocycles. The summed E-state index contributed by atoms with van der Waals surface area (Å²) < 4.78 is 5.65. The number of fused-ring (bicyclic) bond motifs is 1. The zero-order valence-electron chi connectivity index (χ0n) is 13.1. The summed E-state index contributed by atoms with van der Waals surface area (Å²) >= 11 is 0. The molecule has 0 fully saturated rings. The van der Waals surface area contributed by atoms with Gasteiger partial charge in [0.05, 0.1) is 6.54 Å². The predicted octanol–water partition coefficient (Wildman–Crippen LogP) is 3.96. The molecular formula is C20H19NO2. The molecule has 0 spiro atoms. The maximum atomic E-state index is 12.4. The van der Waals surface area contributed by atoms with Crippen LogP contribution in [0.25, 0.3) is 10.8 Å². The lowest BCUT2D eigenvalue weighted by molar-refractivity contribution is 0.0948. The minimum atomic E-state index is -0.0744. The number of carbonyl (C=O) groups excluding carboxylic acids is 1. The average Bonchev–Trinajstić information content (AvgIpc) is 2.58. The molecular weight excluding hydrogens is 286 g/mol. The number of nitrogens with one attached hydrogen (secondary N) is 1. The Bertz CT molecular complexity index is 821. The number of hydrogen-bond donors (Lipinski definition) is 1. The van der Waals surface area contributed by atoms with Crippen molar-refractivity contribution in [1.82, 2.24) is 5.32 Å². The summed E-state index contributed by atoms with van der Waals surface area (Å²) in [7, 11) is 0. The van der Waals surface area contributed by atoms with Crippen LogP contribution in [0.15, 0.2) is 66.7 Å². The first kappa shape index (κ1) is 15.1. The maximum Gasteiger partial charge on any atom is 0.252 e. The smallest absolute Gasteiger partial charge is 0.252 e. The van der Waals surface area contributed by atoms with Gasteiger partial charge in [-0.05, 0) is 41.5 Å². The van der Waals surface area contributed by atoms with Crippen LogP contribution in [0.3, 0.4) is 0 Å². The Hall–Kier alpha value is -2.81. The second-order valence-electron chi connectivity index (χ2n) is 5.45. The van der Waals surface area contributed by atoms with E-state index < -0.39 is 0 Å². The Morgan fingerprint density at radius 1 is 1.00 bits per heavy atom. The molecule has 23 heavy (non-hydrogen) atoms. The lowest BCUT2D eigenvalue weighted by atomic mass is 10.0. The topological polar surface area (TPSA) is 38.3 Å². The van der Waals surface area contributed by atoms with E-state index in [9.17, 15) is 4.79 Å². The van der Waals surface area contributed by atoms with E-state index in [-0.39, 0.29) is 5.91 Å². The van der Waals surface area contributed by atoms with Gasteiger partial charge in [0, 0.05) is 5.56 Å². The van der Waals surface area contributed by atoms with Crippen LogP contribution in [0.1, 0.15) is 15.9 Å². The molecule has 0 aliphatic heterocycles. The van der Waals surface area contributed by atoms with Crippen molar-refractivity contribution in [1.29, 1.82) is 0 Å². The van der Waals surface area contributed by atoms with E-state index in [1.165, 1.54) is 0 Å². The monoisotopic (exact) mass is 305 g/mol. The zero-order chi connectivity index (χ0) is 16.1. The van der Waals surface area contributed by atoms with Crippen LogP contribution in [-0.4, -0.2) is 19.1 Å². The van der Waals surface area contributed by atoms with Gasteiger partial charge in [0.15, 0.2) is 0 Å². The third-order valence-corrected chi connectivity index (χ3v) is 3.68. The van der Waals surface area contributed by atoms with E-state index >= 15 is 0 Å². The van der Waals surface area contributed by atoms with E-state index in [4.69, 9.17) is 4.74 Å². The first-order valence-corrected chi connectivity index (χ1v) is 7.69. The van der Waals surface area contributed by atoms with Crippen LogP contribution in [0.2, 0.25) is 0 Å². The summed E-state index contributed by atoms with van der Waals surface area (Å²) in [5.41, 5.74) is 1.85. The highest BCUT2D eigenvalue weighted by Crippen LogP contribution is 2.18. The van der Waals surface area contributed by atoms with Gasteiger partial charge in [-0.1, -0.05) is 48.5 Å². The highest BCUT2D eigenvalue weighted by molar-refractivity contribution is 6.06. The van der Waals surface area contributed by atoms with Crippen molar-refractivity contribution in [2.75, 3.05) is 13.2 Å². The largest absolute Gasteiger partial charge is 0.492 e. The second-order valence-corrected chi connectivity index (χ2v) is 5.45. The molecule has 3 nitrogen and oxygen atoms in total. The van der Waals surface area contributed by atoms with Crippen molar-refractivity contribution in [3.63, 3.8) is 0 Å². The quantitative estimate of drug-likeness (QED) is 0.725. The van der Waals surface area contributed by atoms with Crippen LogP contribution in [-0.2, 0) is 0 Å². The molecule has 0 heterocycles. The first-order valence-electron chi connectivity index (χ1n) is 7.69. The maximum absolute atomic E-state index is 12.4. The lowest BCUT2D eigenvalue weighted by Gasteiger charge is -2.10. The standard InChI is InChI=1S/C20H19NO2/c1-15-6-4-9-17(14-15)23-13-12-21-20(22)19-11-5-8-16-7-2-3-10-18(16)19/h2-11,14H,12-13H2,1H3,(H,21,22). The molecule has 0 aromatic heterocycles. The minimum Gasteiger partial charge on any atom is -0.492 e. The number of aryl methyl sites for hydroxylation is 1. The van der Waals surface area contributed by atoms with Crippen LogP contribution in [0.4, 0.5) is 0 Å². The number of ether oxygens (including phenoxy) is 1. The van der Waals surface area contributed by atoms with E-state index in [1.54, 1.807) is 0 Å². The summed E-state index contributed by atoms with van der Waals surface area (Å²) in [6, 6.07) is 21.5. The van der Waals surface area contributed by atoms with Crippen molar-refractivity contribution in [2.45, 2.75) is 6.92 Å². The van der Waals surface area contributed by atoms with Gasteiger partial charge in [0.25, 0.3) is 5.91 Å². The third kappa shape index (κ3) is 3.69. The summed E-state index contributed by atoms with van der Waals surface area (Å²) in [6.45, 7) is 2.94. The molecule has 1 amide bonds. The number of carbonyl (C=O) groups is 1. The fourth-order valence-corrected chi connectivity index (χ4v) is 2.56. The average molecular weight is 305 g/mol. The molecule has 0 saturated carbocycles. The molecule has 0 radical (unpaired) electrons. The van der Waals surface area contributed by atoms with Gasteiger partial charge in [0.2, 0.25) is 0 Å². The third-order valence-electron chi connectivity index (χ3n) is 3.68. The normalized spacial score (nSPS) is 10.5. The van der Waals surface area contributed by atoms with Crippen LogP contribution in [0, 0.1) is 6.92 Å². The van der Waals surface area contributed by atoms with Crippen LogP contribution < -0.4 is 10.1 Å². The molecule has 0 aliphatic carbocycles. The van der Waals surface area contributed by atoms with Gasteiger partial charge in [-0.3, -0.25) is 4.79 Å². The molecule has 116 valence electrons. The summed E-state index contributed by atoms with van der Waals surface area (Å²) in [5, 5.41) is 4.94. The van der Waals surface area contributed by atoms with Crippen molar-refractivity contribution in [3.8, 4) is 5.75 Å². The molecule has 0 saturated heterocycles. The Morgan fingerprint density at radius 2 is 1.78 bits per heavy atom. The number of amides is 1. The first-order chi connectivity index (χ1) is 11.2. The molecule has 0 aliphatic rings. The van der Waals surface area contributed by atoms with Crippen LogP contribution in [0.5, 0.6) is 5.75 Å². The van der Waals surface area contributed by atoms with E-state index in [0.717, 1.165) is 22.1 Å². The van der Waals surface area contributed by atoms with Crippen molar-refractivity contribution < 1.29 is 9.53 Å². The van der Waals surface area contributed by atoms with E-state index in [0.29, 0.717) is 18.7 Å². The molecule has 3 rings (SSSR count). The number of rotatable bonds is 5. The predicted molar refractivity (Wildman–Crippen MR) is 93.0 cm³/mol. The molecule has 0 atom stereocenters. The molecule has 0 bridgehead atoms. The Morgan fingerprint density at radius 3 is 2.65 bits per heavy atom. The van der Waals surface area contributed by atoms with Gasteiger partial charge in [-0.25, -0.2) is 0 Å². The summed E-state index contributed by atoms with van der Waals surface area (Å²) in [4.78, 5) is 12.4. The zero-order valence-corrected chi connectivity index (χ0v) is 13.1. The number of benzene rings is 3. The summed E-state index contributed by atoms with van der Waals surface area (Å²) in [6.07, 6.45) is 0. The SMILES string of the molecule is Cc1cccc(OCCNC(=O)c2cccc3ccccc23)c1. The van der Waals surface area contributed by atoms with Gasteiger partial charge >= 0.3 is 0 Å². The van der Waals surface area contributed by atoms with Crippen LogP contribution >= 0.6 is 0 Å². The Balaban J connectivity index is 1.59. The second kappa shape index (κ2) is 6.97. The van der Waals surface area contributed by atoms with Gasteiger partial charge < -0.3 is 10.1 Å². The Labute approximate surface area is 135 Å². The fraction of sp³-hybridized carbons (Fsp3) is 0.150. The Kier molecular flexibility index (Phi) is 4.57. The fourth-order valence-electron chi connectivity index (χ4n) is 2.56. The highest BCUT2D eigenvalue weighted by atomic mass is 16.5. The van der Waals surface area contributed by atoms with Gasteiger partial charge in [-0.2, -0.15) is 0 Å². The highest BCUT2D eigenvalue weighted by Gasteiger charge is 2.08. The molecule has 0 unspecified atom stereocenters. The summed E-state index contributed by atoms with van der Waals surface area (Å²) in [5.74, 6) is 0.749.